The molecular formula is C23H21F6N5O3S. The molecule has 3 aromatic rings. The molecule has 38 heavy (non-hydrogen) atoms. The predicted molar refractivity (Wildman–Crippen MR) is 125 cm³/mol. The summed E-state index contributed by atoms with van der Waals surface area (Å²) >= 11 is 1.09. The Morgan fingerprint density at radius 1 is 1.21 bits per heavy atom. The Labute approximate surface area is 216 Å². The highest BCUT2D eigenvalue weighted by Gasteiger charge is 2.47. The van der Waals surface area contributed by atoms with Gasteiger partial charge in [0.25, 0.3) is 0 Å². The van der Waals surface area contributed by atoms with Crippen LogP contribution in [0.4, 0.5) is 32.2 Å². The van der Waals surface area contributed by atoms with E-state index in [1.54, 1.807) is 5.38 Å². The minimum atomic E-state index is -4.70. The zero-order chi connectivity index (χ0) is 27.7. The summed E-state index contributed by atoms with van der Waals surface area (Å²) in [6, 6.07) is 5.01. The summed E-state index contributed by atoms with van der Waals surface area (Å²) in [6.45, 7) is -0.380. The lowest BCUT2D eigenvalue weighted by atomic mass is 9.98. The van der Waals surface area contributed by atoms with Gasteiger partial charge < -0.3 is 10.0 Å². The highest BCUT2D eigenvalue weighted by Crippen LogP contribution is 2.39. The summed E-state index contributed by atoms with van der Waals surface area (Å²) in [5.41, 5.74) is -1.20. The largest absolute Gasteiger partial charge is 0.481 e. The number of carbonyl (C=O) groups excluding carboxylic acids is 1. The minimum Gasteiger partial charge on any atom is -0.481 e. The van der Waals surface area contributed by atoms with Gasteiger partial charge in [-0.25, -0.2) is 9.67 Å². The number of carboxylic acids is 1. The summed E-state index contributed by atoms with van der Waals surface area (Å²) in [5.74, 6) is -2.85. The normalized spacial score (nSPS) is 15.7. The number of hydrogen-bond donors (Lipinski definition) is 1. The van der Waals surface area contributed by atoms with Crippen molar-refractivity contribution in [3.63, 3.8) is 0 Å². The molecule has 1 aliphatic heterocycles. The summed E-state index contributed by atoms with van der Waals surface area (Å²) < 4.78 is 80.9. The molecule has 1 amide bonds. The van der Waals surface area contributed by atoms with Crippen LogP contribution in [0.2, 0.25) is 0 Å². The van der Waals surface area contributed by atoms with Crippen molar-refractivity contribution in [2.75, 3.05) is 24.5 Å². The number of carboxylic acid groups (broad SMARTS) is 1. The standard InChI is InChI=1S/C23H21F6N5O3S/c24-22(25,26)14-11-32(12-14)7-5-15(9-20(36)37)33(13-35)19-10-18(34(31-19)21-30-6-8-38-21)16-3-1-2-4-17(16)23(27,28)29/h1-4,6,8,10,13-15H,5,7,9,11-12H2,(H,36,37)/t15-/m0/s1. The van der Waals surface area contributed by atoms with Crippen LogP contribution in [0.5, 0.6) is 0 Å². The van der Waals surface area contributed by atoms with Crippen LogP contribution in [0.15, 0.2) is 41.9 Å². The van der Waals surface area contributed by atoms with Gasteiger partial charge in [0.15, 0.2) is 5.82 Å². The van der Waals surface area contributed by atoms with Crippen LogP contribution in [-0.2, 0) is 15.8 Å². The lowest BCUT2D eigenvalue weighted by Crippen LogP contribution is -2.54. The fraction of sp³-hybridized carbons (Fsp3) is 0.391. The predicted octanol–water partition coefficient (Wildman–Crippen LogP) is 4.70. The molecule has 1 atom stereocenters. The molecule has 3 heterocycles. The van der Waals surface area contributed by atoms with E-state index >= 15 is 0 Å². The molecule has 8 nitrogen and oxygen atoms in total. The lowest BCUT2D eigenvalue weighted by molar-refractivity contribution is -0.209. The number of carbonyl (C=O) groups is 2. The number of aromatic nitrogens is 3. The van der Waals surface area contributed by atoms with Gasteiger partial charge in [0.05, 0.1) is 23.6 Å². The van der Waals surface area contributed by atoms with E-state index in [1.807, 2.05) is 0 Å². The number of nitrogens with zero attached hydrogens (tertiary/aromatic N) is 5. The first-order valence-electron chi connectivity index (χ1n) is 11.3. The summed E-state index contributed by atoms with van der Waals surface area (Å²) in [5, 5.41) is 15.5. The summed E-state index contributed by atoms with van der Waals surface area (Å²) in [4.78, 5) is 30.3. The number of benzene rings is 1. The van der Waals surface area contributed by atoms with Gasteiger partial charge in [-0.3, -0.25) is 14.5 Å². The Kier molecular flexibility index (Phi) is 7.78. The van der Waals surface area contributed by atoms with Crippen molar-refractivity contribution >= 4 is 29.5 Å². The molecule has 1 saturated heterocycles. The van der Waals surface area contributed by atoms with Gasteiger partial charge >= 0.3 is 18.3 Å². The Balaban J connectivity index is 1.67. The van der Waals surface area contributed by atoms with Crippen molar-refractivity contribution in [1.82, 2.24) is 19.7 Å². The number of hydrogen-bond acceptors (Lipinski definition) is 6. The maximum absolute atomic E-state index is 13.8. The van der Waals surface area contributed by atoms with Crippen LogP contribution >= 0.6 is 11.3 Å². The number of rotatable bonds is 10. The molecule has 0 radical (unpaired) electrons. The van der Waals surface area contributed by atoms with E-state index in [0.29, 0.717) is 6.41 Å². The van der Waals surface area contributed by atoms with Gasteiger partial charge in [0, 0.05) is 48.9 Å². The van der Waals surface area contributed by atoms with Crippen molar-refractivity contribution in [2.24, 2.45) is 5.92 Å². The molecule has 204 valence electrons. The van der Waals surface area contributed by atoms with Crippen LogP contribution in [0.1, 0.15) is 18.4 Å². The third-order valence-corrected chi connectivity index (χ3v) is 6.93. The maximum atomic E-state index is 13.8. The van der Waals surface area contributed by atoms with Crippen LogP contribution in [0, 0.1) is 5.92 Å². The second kappa shape index (κ2) is 10.7. The van der Waals surface area contributed by atoms with Crippen molar-refractivity contribution < 1.29 is 41.0 Å². The van der Waals surface area contributed by atoms with E-state index in [1.165, 1.54) is 35.4 Å². The van der Waals surface area contributed by atoms with Crippen LogP contribution in [0.25, 0.3) is 16.4 Å². The highest BCUT2D eigenvalue weighted by atomic mass is 32.1. The molecule has 1 N–H and O–H groups in total. The molecule has 1 aromatic carbocycles. The molecule has 1 aliphatic rings. The second-order valence-electron chi connectivity index (χ2n) is 8.71. The van der Waals surface area contributed by atoms with E-state index in [9.17, 15) is 41.0 Å². The SMILES string of the molecule is O=CN(c1cc(-c2ccccc2C(F)(F)F)n(-c2nccs2)n1)[C@@H](CCN1CC(C(F)(F)F)C1)CC(=O)O. The van der Waals surface area contributed by atoms with Crippen molar-refractivity contribution in [3.05, 3.63) is 47.5 Å². The molecule has 4 rings (SSSR count). The maximum Gasteiger partial charge on any atom is 0.417 e. The van der Waals surface area contributed by atoms with Gasteiger partial charge in [-0.1, -0.05) is 18.2 Å². The van der Waals surface area contributed by atoms with Gasteiger partial charge in [-0.2, -0.15) is 26.3 Å². The molecular weight excluding hydrogens is 540 g/mol. The average molecular weight is 562 g/mol. The third kappa shape index (κ3) is 5.99. The smallest absolute Gasteiger partial charge is 0.417 e. The van der Waals surface area contributed by atoms with Gasteiger partial charge in [0.2, 0.25) is 11.5 Å². The van der Waals surface area contributed by atoms with Crippen LogP contribution in [0.3, 0.4) is 0 Å². The van der Waals surface area contributed by atoms with Crippen molar-refractivity contribution in [3.8, 4) is 16.4 Å². The van der Waals surface area contributed by atoms with E-state index in [4.69, 9.17) is 0 Å². The fourth-order valence-electron chi connectivity index (χ4n) is 4.27. The van der Waals surface area contributed by atoms with Crippen LogP contribution < -0.4 is 4.90 Å². The highest BCUT2D eigenvalue weighted by molar-refractivity contribution is 7.12. The number of halogens is 6. The minimum absolute atomic E-state index is 0.00814. The second-order valence-corrected chi connectivity index (χ2v) is 9.58. The molecule has 0 spiro atoms. The van der Waals surface area contributed by atoms with Crippen LogP contribution in [-0.4, -0.2) is 69.0 Å². The molecule has 0 unspecified atom stereocenters. The number of aliphatic carboxylic acids is 1. The Morgan fingerprint density at radius 3 is 2.50 bits per heavy atom. The summed E-state index contributed by atoms with van der Waals surface area (Å²) in [7, 11) is 0. The van der Waals surface area contributed by atoms with Gasteiger partial charge in [-0.05, 0) is 12.5 Å². The molecule has 1 fully saturated rings. The first kappa shape index (κ1) is 27.6. The number of alkyl halides is 6. The molecule has 2 aromatic heterocycles. The Bertz CT molecular complexity index is 1270. The van der Waals surface area contributed by atoms with Gasteiger partial charge in [-0.15, -0.1) is 16.4 Å². The Morgan fingerprint density at radius 2 is 1.92 bits per heavy atom. The topological polar surface area (TPSA) is 91.6 Å². The van der Waals surface area contributed by atoms with Crippen molar-refractivity contribution in [2.45, 2.75) is 31.2 Å². The summed E-state index contributed by atoms with van der Waals surface area (Å²) in [6.07, 6.45) is -7.82. The molecule has 0 bridgehead atoms. The molecule has 15 heteroatoms. The zero-order valence-corrected chi connectivity index (χ0v) is 20.3. The quantitative estimate of drug-likeness (QED) is 0.285. The first-order chi connectivity index (χ1) is 17.9. The number of thiazole rings is 1. The van der Waals surface area contributed by atoms with Crippen molar-refractivity contribution in [1.29, 1.82) is 0 Å². The van der Waals surface area contributed by atoms with E-state index in [-0.39, 0.29) is 48.3 Å². The van der Waals surface area contributed by atoms with Gasteiger partial charge in [0.1, 0.15) is 0 Å². The fourth-order valence-corrected chi connectivity index (χ4v) is 4.87. The number of amides is 1. The third-order valence-electron chi connectivity index (χ3n) is 6.19. The zero-order valence-electron chi connectivity index (χ0n) is 19.5. The monoisotopic (exact) mass is 561 g/mol. The Hall–Kier alpha value is -3.46. The number of likely N-dealkylation sites (tertiary alicyclic amines) is 1. The van der Waals surface area contributed by atoms with E-state index < -0.39 is 42.3 Å². The lowest BCUT2D eigenvalue weighted by Gasteiger charge is -2.41. The first-order valence-corrected chi connectivity index (χ1v) is 12.2. The number of anilines is 1. The average Bonchev–Trinajstić information content (AvgIpc) is 3.47. The molecule has 0 aliphatic carbocycles. The molecule has 0 saturated carbocycles. The van der Waals surface area contributed by atoms with E-state index in [2.05, 4.69) is 10.1 Å². The van der Waals surface area contributed by atoms with E-state index in [0.717, 1.165) is 27.0 Å².